The van der Waals surface area contributed by atoms with Crippen LogP contribution >= 0.6 is 0 Å². The summed E-state index contributed by atoms with van der Waals surface area (Å²) in [5.41, 5.74) is 34.8. The van der Waals surface area contributed by atoms with E-state index in [9.17, 15) is 10.2 Å². The molecule has 0 bridgehead atoms. The van der Waals surface area contributed by atoms with Crippen molar-refractivity contribution in [3.8, 4) is 146 Å². The first-order valence-electron chi connectivity index (χ1n) is 41.9. The number of rotatable bonds is 13. The van der Waals surface area contributed by atoms with Gasteiger partial charge in [0, 0.05) is 104 Å². The van der Waals surface area contributed by atoms with Crippen LogP contribution < -0.4 is 0 Å². The number of phenolic OH excluding ortho intramolecular Hbond substituents is 2. The summed E-state index contributed by atoms with van der Waals surface area (Å²) in [6.45, 7) is 27.3. The second kappa shape index (κ2) is 32.3. The van der Waals surface area contributed by atoms with E-state index in [2.05, 4.69) is 384 Å². The summed E-state index contributed by atoms with van der Waals surface area (Å²) in [6, 6.07) is 122. The maximum Gasteiger partial charge on any atom is 0.148 e. The van der Waals surface area contributed by atoms with Crippen molar-refractivity contribution in [2.45, 2.75) is 110 Å². The van der Waals surface area contributed by atoms with Gasteiger partial charge < -0.3 is 10.2 Å². The van der Waals surface area contributed by atoms with Crippen LogP contribution in [0, 0.1) is 12.1 Å². The van der Waals surface area contributed by atoms with Crippen molar-refractivity contribution in [2.75, 3.05) is 0 Å². The second-order valence-corrected chi connectivity index (χ2v) is 35.9. The first-order chi connectivity index (χ1) is 58.4. The minimum Gasteiger partial charge on any atom is -0.507 e. The van der Waals surface area contributed by atoms with Gasteiger partial charge in [-0.1, -0.05) is 354 Å². The molecule has 0 fully saturated rings. The van der Waals surface area contributed by atoms with Gasteiger partial charge in [-0.25, -0.2) is 9.97 Å². The van der Waals surface area contributed by atoms with Gasteiger partial charge in [-0.15, -0.1) is 53.1 Å². The Morgan fingerprint density at radius 1 is 0.285 bits per heavy atom. The smallest absolute Gasteiger partial charge is 0.148 e. The summed E-state index contributed by atoms with van der Waals surface area (Å²) < 4.78 is 4.44. The van der Waals surface area contributed by atoms with Crippen molar-refractivity contribution < 1.29 is 52.3 Å². The van der Waals surface area contributed by atoms with Gasteiger partial charge in [-0.2, -0.15) is 0 Å². The van der Waals surface area contributed by atoms with Crippen LogP contribution in [0.25, 0.3) is 157 Å². The fourth-order valence-electron chi connectivity index (χ4n) is 18.3. The molecule has 123 heavy (non-hydrogen) atoms. The molecule has 20 rings (SSSR count). The monoisotopic (exact) mass is 1960 g/mol. The maximum atomic E-state index is 11.5. The standard InChI is InChI=1S/C58H50N3O.C55H44N3O.2Pt/c1-56(2,3)41-29-30-51(46(34-41)37-19-10-8-11-20-37)61-52-27-18-25-43(54(52)60-55(61)45-24-15-17-28-53(45)62)38-31-39(33-42(32-38)57(4,5)40-21-12-9-13-22-40)50-35-49-47(36-59-50)44-23-14-16-26-48(44)58(49,6)7;1-54(2,3)40-27-28-49(44(32-40)36-19-10-7-11-20-36)58-50-25-16-23-41(52(50)57-53(58)43-22-13-15-26-51(43)59)38-29-37(35-17-8-6-9-18-35)30-39(31-38)48-33-47-45(34-56-48)42-21-12-14-24-46(42)55(47,4)5;;/h8-30,32-36,62H,1-7H3;6-30,32-34,59H,1-5H3;;/q2*-1;;. The van der Waals surface area contributed by atoms with Crippen LogP contribution in [0.1, 0.15) is 128 Å². The predicted octanol–water partition coefficient (Wildman–Crippen LogP) is 28.4. The Bertz CT molecular complexity index is 7090. The normalized spacial score (nSPS) is 12.9. The number of hydrogen-bond donors (Lipinski definition) is 2. The van der Waals surface area contributed by atoms with Gasteiger partial charge in [0.2, 0.25) is 0 Å². The number of hydrogen-bond acceptors (Lipinski definition) is 6. The molecule has 0 saturated carbocycles. The first-order valence-corrected chi connectivity index (χ1v) is 41.9. The van der Waals surface area contributed by atoms with Gasteiger partial charge in [-0.3, -0.25) is 19.1 Å². The van der Waals surface area contributed by atoms with Crippen molar-refractivity contribution in [3.05, 3.63) is 397 Å². The minimum atomic E-state index is -0.347. The van der Waals surface area contributed by atoms with Crippen LogP contribution in [0.3, 0.4) is 0 Å². The van der Waals surface area contributed by atoms with E-state index in [1.54, 1.807) is 12.1 Å². The molecule has 18 aromatic rings. The summed E-state index contributed by atoms with van der Waals surface area (Å²) in [4.78, 5) is 21.3. The molecule has 2 N–H and O–H groups in total. The molecular formula is C113H94N6O2Pt2-2. The van der Waals surface area contributed by atoms with Gasteiger partial charge in [-0.05, 0) is 138 Å². The molecule has 10 heteroatoms. The summed E-state index contributed by atoms with van der Waals surface area (Å²) in [5.74, 6) is 1.67. The Morgan fingerprint density at radius 2 is 0.642 bits per heavy atom. The average molecular weight is 1960 g/mol. The van der Waals surface area contributed by atoms with E-state index in [-0.39, 0.29) is 80.7 Å². The number of nitrogens with zero attached hydrogens (tertiary/aromatic N) is 6. The SMILES string of the molecule is CC(C)(C)c1ccc(-n2c(-c3ccccc3O)nc3c(-c4[c-]c(-c5cc6c(cn5)-c5ccccc5C6(C)C)cc(-c5ccccc5)c4)cccc32)c(-c2ccccc2)c1.CC(C)(C)c1ccc(-n2c(-c3ccccc3O)nc3c(-c4[c-]c(-c5cc6c(cn5)-c5ccccc5C6(C)C)cc(C(C)(C)c5ccccc5)c4)cccc32)c(-c2ccccc2)c1.[Pt].[Pt]. The zero-order valence-electron chi connectivity index (χ0n) is 71.0. The zero-order valence-corrected chi connectivity index (χ0v) is 75.6. The number of fused-ring (bicyclic) bond motifs is 8. The Labute approximate surface area is 750 Å². The Morgan fingerprint density at radius 3 is 1.07 bits per heavy atom. The van der Waals surface area contributed by atoms with E-state index in [0.717, 1.165) is 117 Å². The molecule has 0 atom stereocenters. The molecule has 2 aliphatic rings. The summed E-state index contributed by atoms with van der Waals surface area (Å²) in [5, 5.41) is 22.9. The fourth-order valence-corrected chi connectivity index (χ4v) is 18.3. The minimum absolute atomic E-state index is 0. The van der Waals surface area contributed by atoms with Crippen LogP contribution in [0.5, 0.6) is 11.5 Å². The molecule has 0 unspecified atom stereocenters. The third kappa shape index (κ3) is 14.8. The van der Waals surface area contributed by atoms with E-state index < -0.39 is 0 Å². The first kappa shape index (κ1) is 82.6. The van der Waals surface area contributed by atoms with Gasteiger partial charge >= 0.3 is 0 Å². The summed E-state index contributed by atoms with van der Waals surface area (Å²) in [6.07, 6.45) is 4.09. The van der Waals surface area contributed by atoms with Crippen molar-refractivity contribution in [1.29, 1.82) is 0 Å². The number of pyridine rings is 2. The topological polar surface area (TPSA) is 102 Å². The molecule has 2 aliphatic carbocycles. The summed E-state index contributed by atoms with van der Waals surface area (Å²) in [7, 11) is 0. The van der Waals surface area contributed by atoms with Gasteiger partial charge in [0.1, 0.15) is 23.1 Å². The largest absolute Gasteiger partial charge is 0.507 e. The van der Waals surface area contributed by atoms with Crippen molar-refractivity contribution in [3.63, 3.8) is 0 Å². The molecular weight excluding hydrogens is 1860 g/mol. The van der Waals surface area contributed by atoms with Crippen LogP contribution in [0.2, 0.25) is 0 Å². The molecule has 8 nitrogen and oxygen atoms in total. The number of benzene rings is 14. The van der Waals surface area contributed by atoms with Crippen molar-refractivity contribution >= 4 is 22.1 Å². The average Bonchev–Trinajstić information content (AvgIpc) is 1.61. The Balaban J connectivity index is 0.000000172. The second-order valence-electron chi connectivity index (χ2n) is 35.9. The molecule has 0 saturated heterocycles. The molecule has 0 spiro atoms. The predicted molar refractivity (Wildman–Crippen MR) is 499 cm³/mol. The van der Waals surface area contributed by atoms with Crippen molar-refractivity contribution in [2.24, 2.45) is 0 Å². The fraction of sp³-hybridized carbons (Fsp3) is 0.150. The van der Waals surface area contributed by atoms with Crippen molar-refractivity contribution in [1.82, 2.24) is 29.1 Å². The number of phenols is 2. The molecule has 0 radical (unpaired) electrons. The Hall–Kier alpha value is -12.7. The van der Waals surface area contributed by atoms with E-state index in [1.807, 2.05) is 48.7 Å². The molecule has 14 aromatic carbocycles. The van der Waals surface area contributed by atoms with Gasteiger partial charge in [0.15, 0.2) is 0 Å². The van der Waals surface area contributed by atoms with Crippen LogP contribution in [-0.2, 0) is 69.2 Å². The number of aromatic nitrogens is 6. The van der Waals surface area contributed by atoms with E-state index in [4.69, 9.17) is 19.9 Å². The molecule has 4 aromatic heterocycles. The van der Waals surface area contributed by atoms with Gasteiger partial charge in [0.25, 0.3) is 0 Å². The van der Waals surface area contributed by atoms with Crippen LogP contribution in [0.4, 0.5) is 0 Å². The molecule has 610 valence electrons. The molecule has 0 amide bonds. The molecule has 4 heterocycles. The number of para-hydroxylation sites is 4. The quantitative estimate of drug-likeness (QED) is 0.112. The zero-order chi connectivity index (χ0) is 83.4. The van der Waals surface area contributed by atoms with Crippen LogP contribution in [0.15, 0.2) is 340 Å². The third-order valence-corrected chi connectivity index (χ3v) is 25.2. The third-order valence-electron chi connectivity index (χ3n) is 25.2. The van der Waals surface area contributed by atoms with Gasteiger partial charge in [0.05, 0.1) is 44.6 Å². The van der Waals surface area contributed by atoms with E-state index in [0.29, 0.717) is 22.8 Å². The summed E-state index contributed by atoms with van der Waals surface area (Å²) >= 11 is 0. The van der Waals surface area contributed by atoms with E-state index in [1.165, 1.54) is 61.2 Å². The number of imidazole rings is 2. The maximum absolute atomic E-state index is 11.5. The molecule has 0 aliphatic heterocycles. The Kier molecular flexibility index (Phi) is 21.7. The van der Waals surface area contributed by atoms with Crippen LogP contribution in [-0.4, -0.2) is 39.3 Å². The van der Waals surface area contributed by atoms with E-state index >= 15 is 0 Å². The number of aromatic hydroxyl groups is 2.